The van der Waals surface area contributed by atoms with Gasteiger partial charge in [0, 0.05) is 43.9 Å². The maximum absolute atomic E-state index is 13.8. The van der Waals surface area contributed by atoms with E-state index < -0.39 is 0 Å². The summed E-state index contributed by atoms with van der Waals surface area (Å²) in [6.07, 6.45) is 10.8. The highest BCUT2D eigenvalue weighted by atomic mass is 16.2. The van der Waals surface area contributed by atoms with Crippen molar-refractivity contribution in [1.82, 2.24) is 15.2 Å². The van der Waals surface area contributed by atoms with Gasteiger partial charge in [0.1, 0.15) is 0 Å². The van der Waals surface area contributed by atoms with Gasteiger partial charge >= 0.3 is 0 Å². The summed E-state index contributed by atoms with van der Waals surface area (Å²) in [4.78, 5) is 33.0. The molecule has 2 saturated carbocycles. The molecule has 2 aliphatic carbocycles. The largest absolute Gasteiger partial charge is 0.355 e. The Hall–Kier alpha value is -2.69. The molecule has 1 unspecified atom stereocenters. The quantitative estimate of drug-likeness (QED) is 0.722. The minimum Gasteiger partial charge on any atom is -0.355 e. The molecule has 0 bridgehead atoms. The van der Waals surface area contributed by atoms with E-state index in [1.807, 2.05) is 24.3 Å². The topological polar surface area (TPSA) is 62.3 Å². The molecule has 1 spiro atoms. The Labute approximate surface area is 197 Å². The minimum absolute atomic E-state index is 0.108. The standard InChI is InChI=1S/C28H35N3O2/c32-25(30-18-12-23-11-5-8-17-29-23)24-21-27(24)15-19-31(20-16-27)26(33)28(13-6-2-7-14-28)22-9-3-1-4-10-22/h1,3-5,8-11,17,24H,2,6-7,12-16,18-21H2,(H,30,32). The van der Waals surface area contributed by atoms with Crippen molar-refractivity contribution in [2.75, 3.05) is 19.6 Å². The monoisotopic (exact) mass is 445 g/mol. The first-order chi connectivity index (χ1) is 16.1. The van der Waals surface area contributed by atoms with Crippen LogP contribution in [0.3, 0.4) is 0 Å². The van der Waals surface area contributed by atoms with E-state index in [0.717, 1.165) is 70.2 Å². The van der Waals surface area contributed by atoms with Crippen molar-refractivity contribution in [1.29, 1.82) is 0 Å². The molecule has 5 rings (SSSR count). The second-order valence-corrected chi connectivity index (χ2v) is 10.3. The van der Waals surface area contributed by atoms with Crippen molar-refractivity contribution >= 4 is 11.8 Å². The summed E-state index contributed by atoms with van der Waals surface area (Å²) < 4.78 is 0. The van der Waals surface area contributed by atoms with E-state index in [1.54, 1.807) is 6.20 Å². The van der Waals surface area contributed by atoms with E-state index in [2.05, 4.69) is 39.5 Å². The van der Waals surface area contributed by atoms with Crippen LogP contribution in [0.2, 0.25) is 0 Å². The lowest BCUT2D eigenvalue weighted by molar-refractivity contribution is -0.140. The SMILES string of the molecule is O=C(NCCc1ccccn1)C1CC12CCN(C(=O)C1(c3ccccc3)CCCCC1)CC2. The van der Waals surface area contributed by atoms with Crippen molar-refractivity contribution in [3.63, 3.8) is 0 Å². The molecule has 2 amide bonds. The van der Waals surface area contributed by atoms with E-state index in [1.165, 1.54) is 12.0 Å². The lowest BCUT2D eigenvalue weighted by Gasteiger charge is -2.43. The van der Waals surface area contributed by atoms with Gasteiger partial charge in [-0.2, -0.15) is 0 Å². The van der Waals surface area contributed by atoms with Gasteiger partial charge in [-0.1, -0.05) is 55.7 Å². The third-order valence-corrected chi connectivity index (χ3v) is 8.40. The smallest absolute Gasteiger partial charge is 0.233 e. The van der Waals surface area contributed by atoms with Crippen LogP contribution in [0.5, 0.6) is 0 Å². The Bertz CT molecular complexity index is 961. The molecule has 1 saturated heterocycles. The van der Waals surface area contributed by atoms with Gasteiger partial charge in [0.2, 0.25) is 11.8 Å². The number of carbonyl (C=O) groups excluding carboxylic acids is 2. The van der Waals surface area contributed by atoms with Crippen LogP contribution in [-0.4, -0.2) is 41.3 Å². The molecule has 2 heterocycles. The van der Waals surface area contributed by atoms with Crippen LogP contribution >= 0.6 is 0 Å². The minimum atomic E-state index is -0.351. The van der Waals surface area contributed by atoms with Crippen LogP contribution in [0.4, 0.5) is 0 Å². The van der Waals surface area contributed by atoms with Gasteiger partial charge in [-0.15, -0.1) is 0 Å². The van der Waals surface area contributed by atoms with E-state index in [-0.39, 0.29) is 22.7 Å². The molecule has 3 fully saturated rings. The van der Waals surface area contributed by atoms with Crippen molar-refractivity contribution in [2.24, 2.45) is 11.3 Å². The molecule has 1 atom stereocenters. The van der Waals surface area contributed by atoms with Crippen LogP contribution in [0, 0.1) is 11.3 Å². The van der Waals surface area contributed by atoms with Gasteiger partial charge in [-0.05, 0) is 55.2 Å². The predicted molar refractivity (Wildman–Crippen MR) is 129 cm³/mol. The fourth-order valence-electron chi connectivity index (χ4n) is 6.25. The van der Waals surface area contributed by atoms with Crippen molar-refractivity contribution in [3.8, 4) is 0 Å². The van der Waals surface area contributed by atoms with Crippen LogP contribution in [-0.2, 0) is 21.4 Å². The summed E-state index contributed by atoms with van der Waals surface area (Å²) in [7, 11) is 0. The number of nitrogens with zero attached hydrogens (tertiary/aromatic N) is 2. The Morgan fingerprint density at radius 2 is 1.67 bits per heavy atom. The Morgan fingerprint density at radius 1 is 0.939 bits per heavy atom. The molecule has 1 aromatic heterocycles. The van der Waals surface area contributed by atoms with Gasteiger partial charge in [-0.3, -0.25) is 14.6 Å². The number of aromatic nitrogens is 1. The Balaban J connectivity index is 1.16. The van der Waals surface area contributed by atoms with Crippen LogP contribution in [0.25, 0.3) is 0 Å². The van der Waals surface area contributed by atoms with Gasteiger partial charge in [0.15, 0.2) is 0 Å². The first-order valence-electron chi connectivity index (χ1n) is 12.7. The fourth-order valence-corrected chi connectivity index (χ4v) is 6.25. The Morgan fingerprint density at radius 3 is 2.36 bits per heavy atom. The maximum atomic E-state index is 13.8. The predicted octanol–water partition coefficient (Wildman–Crippen LogP) is 4.27. The highest BCUT2D eigenvalue weighted by molar-refractivity contribution is 5.89. The van der Waals surface area contributed by atoms with Crippen molar-refractivity contribution in [2.45, 2.75) is 63.2 Å². The normalized spacial score (nSPS) is 23.2. The number of likely N-dealkylation sites (tertiary alicyclic amines) is 1. The molecular formula is C28H35N3O2. The lowest BCUT2D eigenvalue weighted by Crippen LogP contribution is -2.51. The molecule has 3 aliphatic rings. The number of nitrogens with one attached hydrogen (secondary N) is 1. The van der Waals surface area contributed by atoms with E-state index in [4.69, 9.17) is 0 Å². The Kier molecular flexibility index (Phi) is 6.22. The molecule has 1 N–H and O–H groups in total. The van der Waals surface area contributed by atoms with Crippen molar-refractivity contribution < 1.29 is 9.59 Å². The molecule has 1 aromatic carbocycles. The molecule has 5 heteroatoms. The number of rotatable bonds is 6. The molecule has 5 nitrogen and oxygen atoms in total. The second kappa shape index (κ2) is 9.28. The van der Waals surface area contributed by atoms with E-state index >= 15 is 0 Å². The number of amides is 2. The zero-order valence-corrected chi connectivity index (χ0v) is 19.5. The maximum Gasteiger partial charge on any atom is 0.233 e. The average Bonchev–Trinajstić information content (AvgIpc) is 3.58. The number of hydrogen-bond acceptors (Lipinski definition) is 3. The third kappa shape index (κ3) is 4.42. The summed E-state index contributed by atoms with van der Waals surface area (Å²) in [5, 5.41) is 3.12. The number of benzene rings is 1. The zero-order valence-electron chi connectivity index (χ0n) is 19.5. The summed E-state index contributed by atoms with van der Waals surface area (Å²) >= 11 is 0. The second-order valence-electron chi connectivity index (χ2n) is 10.3. The van der Waals surface area contributed by atoms with Gasteiger partial charge in [-0.25, -0.2) is 0 Å². The summed E-state index contributed by atoms with van der Waals surface area (Å²) in [5.74, 6) is 0.607. The van der Waals surface area contributed by atoms with E-state index in [9.17, 15) is 9.59 Å². The first-order valence-corrected chi connectivity index (χ1v) is 12.7. The number of carbonyl (C=O) groups is 2. The molecule has 33 heavy (non-hydrogen) atoms. The number of piperidine rings is 1. The first kappa shape index (κ1) is 22.1. The van der Waals surface area contributed by atoms with Crippen LogP contribution in [0.1, 0.15) is 62.6 Å². The van der Waals surface area contributed by atoms with Gasteiger partial charge in [0.05, 0.1) is 5.41 Å². The summed E-state index contributed by atoms with van der Waals surface area (Å²) in [6, 6.07) is 16.3. The van der Waals surface area contributed by atoms with Crippen molar-refractivity contribution in [3.05, 3.63) is 66.0 Å². The van der Waals surface area contributed by atoms with Crippen LogP contribution < -0.4 is 5.32 Å². The number of hydrogen-bond donors (Lipinski definition) is 1. The molecule has 174 valence electrons. The highest BCUT2D eigenvalue weighted by Crippen LogP contribution is 2.59. The van der Waals surface area contributed by atoms with Gasteiger partial charge in [0.25, 0.3) is 0 Å². The molecule has 0 radical (unpaired) electrons. The zero-order chi connectivity index (χ0) is 22.7. The summed E-state index contributed by atoms with van der Waals surface area (Å²) in [6.45, 7) is 2.20. The molecular weight excluding hydrogens is 410 g/mol. The van der Waals surface area contributed by atoms with Crippen LogP contribution in [0.15, 0.2) is 54.7 Å². The third-order valence-electron chi connectivity index (χ3n) is 8.40. The lowest BCUT2D eigenvalue weighted by atomic mass is 9.68. The average molecular weight is 446 g/mol. The molecule has 2 aromatic rings. The van der Waals surface area contributed by atoms with E-state index in [0.29, 0.717) is 12.5 Å². The number of pyridine rings is 1. The van der Waals surface area contributed by atoms with Gasteiger partial charge < -0.3 is 10.2 Å². The highest BCUT2D eigenvalue weighted by Gasteiger charge is 2.59. The fraction of sp³-hybridized carbons (Fsp3) is 0.536. The summed E-state index contributed by atoms with van der Waals surface area (Å²) in [5.41, 5.74) is 1.95. The molecule has 1 aliphatic heterocycles.